The van der Waals surface area contributed by atoms with Crippen molar-refractivity contribution in [3.8, 4) is 0 Å². The number of hydrogen-bond donors (Lipinski definition) is 2. The Hall–Kier alpha value is -0.850. The van der Waals surface area contributed by atoms with Gasteiger partial charge in [0.1, 0.15) is 11.9 Å². The van der Waals surface area contributed by atoms with E-state index in [0.717, 1.165) is 9.99 Å². The first-order chi connectivity index (χ1) is 7.15. The third-order valence-corrected chi connectivity index (χ3v) is 2.82. The summed E-state index contributed by atoms with van der Waals surface area (Å²) in [6.45, 7) is 1.96. The SMILES string of the molecule is CCCC(Nc1ncccc1I)C(=O)O. The molecule has 0 saturated heterocycles. The summed E-state index contributed by atoms with van der Waals surface area (Å²) in [6.07, 6.45) is 3.07. The second-order valence-corrected chi connectivity index (χ2v) is 4.32. The van der Waals surface area contributed by atoms with Gasteiger partial charge in [0.05, 0.1) is 3.57 Å². The fourth-order valence-corrected chi connectivity index (χ4v) is 1.71. The van der Waals surface area contributed by atoms with Gasteiger partial charge in [-0.1, -0.05) is 13.3 Å². The summed E-state index contributed by atoms with van der Waals surface area (Å²) >= 11 is 2.13. The number of halogens is 1. The van der Waals surface area contributed by atoms with Crippen LogP contribution < -0.4 is 5.32 Å². The number of aliphatic carboxylic acids is 1. The summed E-state index contributed by atoms with van der Waals surface area (Å²) in [5, 5.41) is 11.9. The van der Waals surface area contributed by atoms with E-state index < -0.39 is 12.0 Å². The first-order valence-electron chi connectivity index (χ1n) is 4.75. The topological polar surface area (TPSA) is 62.2 Å². The standard InChI is InChI=1S/C10H13IN2O2/c1-2-4-8(10(14)15)13-9-7(11)5-3-6-12-9/h3,5-6,8H,2,4H2,1H3,(H,12,13)(H,14,15). The molecule has 1 atom stereocenters. The van der Waals surface area contributed by atoms with E-state index in [2.05, 4.69) is 32.9 Å². The van der Waals surface area contributed by atoms with Crippen molar-refractivity contribution in [2.24, 2.45) is 0 Å². The fourth-order valence-electron chi connectivity index (χ4n) is 1.20. The Morgan fingerprint density at radius 2 is 2.47 bits per heavy atom. The van der Waals surface area contributed by atoms with Gasteiger partial charge in [0.15, 0.2) is 0 Å². The van der Waals surface area contributed by atoms with Gasteiger partial charge < -0.3 is 10.4 Å². The Labute approximate surface area is 102 Å². The predicted molar refractivity (Wildman–Crippen MR) is 66.9 cm³/mol. The maximum atomic E-state index is 10.9. The van der Waals surface area contributed by atoms with E-state index in [1.54, 1.807) is 6.20 Å². The van der Waals surface area contributed by atoms with Crippen LogP contribution in [0.15, 0.2) is 18.3 Å². The quantitative estimate of drug-likeness (QED) is 0.818. The van der Waals surface area contributed by atoms with E-state index >= 15 is 0 Å². The summed E-state index contributed by atoms with van der Waals surface area (Å²) < 4.78 is 0.928. The molecule has 1 aromatic heterocycles. The minimum absolute atomic E-state index is 0.557. The van der Waals surface area contributed by atoms with Gasteiger partial charge in [-0.05, 0) is 41.1 Å². The first-order valence-corrected chi connectivity index (χ1v) is 5.83. The molecular formula is C10H13IN2O2. The van der Waals surface area contributed by atoms with Crippen molar-refractivity contribution in [2.45, 2.75) is 25.8 Å². The van der Waals surface area contributed by atoms with Crippen LogP contribution in [0.2, 0.25) is 0 Å². The lowest BCUT2D eigenvalue weighted by atomic mass is 10.2. The molecule has 2 N–H and O–H groups in total. The minimum atomic E-state index is -0.835. The van der Waals surface area contributed by atoms with Gasteiger partial charge in [0.25, 0.3) is 0 Å². The van der Waals surface area contributed by atoms with Gasteiger partial charge in [0.2, 0.25) is 0 Å². The van der Waals surface area contributed by atoms with Crippen molar-refractivity contribution in [1.82, 2.24) is 4.98 Å². The lowest BCUT2D eigenvalue weighted by molar-refractivity contribution is -0.138. The maximum absolute atomic E-state index is 10.9. The Balaban J connectivity index is 2.74. The molecule has 0 radical (unpaired) electrons. The number of nitrogens with zero attached hydrogens (tertiary/aromatic N) is 1. The van der Waals surface area contributed by atoms with Crippen LogP contribution in [-0.2, 0) is 4.79 Å². The third kappa shape index (κ3) is 3.65. The normalized spacial score (nSPS) is 12.1. The molecule has 82 valence electrons. The molecule has 0 aliphatic rings. The number of carbonyl (C=O) groups is 1. The van der Waals surface area contributed by atoms with Gasteiger partial charge >= 0.3 is 5.97 Å². The van der Waals surface area contributed by atoms with Gasteiger partial charge in [-0.2, -0.15) is 0 Å². The predicted octanol–water partition coefficient (Wildman–Crippen LogP) is 2.35. The van der Waals surface area contributed by atoms with E-state index in [1.807, 2.05) is 19.1 Å². The summed E-state index contributed by atoms with van der Waals surface area (Å²) in [4.78, 5) is 15.0. The maximum Gasteiger partial charge on any atom is 0.326 e. The molecule has 1 unspecified atom stereocenters. The fraction of sp³-hybridized carbons (Fsp3) is 0.400. The zero-order valence-corrected chi connectivity index (χ0v) is 10.6. The van der Waals surface area contributed by atoms with Crippen molar-refractivity contribution in [3.05, 3.63) is 21.9 Å². The molecule has 4 nitrogen and oxygen atoms in total. The highest BCUT2D eigenvalue weighted by Crippen LogP contribution is 2.16. The smallest absolute Gasteiger partial charge is 0.326 e. The second kappa shape index (κ2) is 5.89. The minimum Gasteiger partial charge on any atom is -0.480 e. The van der Waals surface area contributed by atoms with Gasteiger partial charge in [-0.25, -0.2) is 9.78 Å². The van der Waals surface area contributed by atoms with Crippen LogP contribution >= 0.6 is 22.6 Å². The average Bonchev–Trinajstić information content (AvgIpc) is 2.20. The highest BCUT2D eigenvalue weighted by molar-refractivity contribution is 14.1. The molecule has 0 amide bonds. The Bertz CT molecular complexity index is 344. The van der Waals surface area contributed by atoms with Crippen molar-refractivity contribution < 1.29 is 9.90 Å². The molecule has 0 fully saturated rings. The van der Waals surface area contributed by atoms with Crippen LogP contribution in [-0.4, -0.2) is 22.1 Å². The summed E-state index contributed by atoms with van der Waals surface area (Å²) in [5.74, 6) is -0.197. The largest absolute Gasteiger partial charge is 0.480 e. The monoisotopic (exact) mass is 320 g/mol. The zero-order valence-electron chi connectivity index (χ0n) is 8.40. The van der Waals surface area contributed by atoms with E-state index in [1.165, 1.54) is 0 Å². The number of pyridine rings is 1. The number of rotatable bonds is 5. The molecule has 5 heteroatoms. The van der Waals surface area contributed by atoms with Crippen molar-refractivity contribution in [1.29, 1.82) is 0 Å². The molecule has 1 aromatic rings. The van der Waals surface area contributed by atoms with Crippen LogP contribution in [0.5, 0.6) is 0 Å². The number of carboxylic acid groups (broad SMARTS) is 1. The van der Waals surface area contributed by atoms with Gasteiger partial charge in [0, 0.05) is 6.20 Å². The lowest BCUT2D eigenvalue weighted by Gasteiger charge is -2.14. The van der Waals surface area contributed by atoms with Crippen LogP contribution in [0, 0.1) is 3.57 Å². The van der Waals surface area contributed by atoms with Crippen molar-refractivity contribution >= 4 is 34.4 Å². The summed E-state index contributed by atoms with van der Waals surface area (Å²) in [5.41, 5.74) is 0. The van der Waals surface area contributed by atoms with E-state index in [4.69, 9.17) is 5.11 Å². The van der Waals surface area contributed by atoms with Crippen LogP contribution in [0.3, 0.4) is 0 Å². The molecule has 0 saturated carbocycles. The number of hydrogen-bond acceptors (Lipinski definition) is 3. The number of anilines is 1. The molecule has 0 aromatic carbocycles. The highest BCUT2D eigenvalue weighted by Gasteiger charge is 2.17. The number of carboxylic acids is 1. The van der Waals surface area contributed by atoms with E-state index in [9.17, 15) is 4.79 Å². The van der Waals surface area contributed by atoms with Gasteiger partial charge in [-0.15, -0.1) is 0 Å². The lowest BCUT2D eigenvalue weighted by Crippen LogP contribution is -2.29. The highest BCUT2D eigenvalue weighted by atomic mass is 127. The zero-order chi connectivity index (χ0) is 11.3. The molecule has 15 heavy (non-hydrogen) atoms. The third-order valence-electron chi connectivity index (χ3n) is 1.94. The number of aromatic nitrogens is 1. The Morgan fingerprint density at radius 1 is 1.73 bits per heavy atom. The van der Waals surface area contributed by atoms with Gasteiger partial charge in [-0.3, -0.25) is 0 Å². The Morgan fingerprint density at radius 3 is 3.00 bits per heavy atom. The molecule has 1 heterocycles. The molecule has 0 aliphatic heterocycles. The first kappa shape index (κ1) is 12.2. The van der Waals surface area contributed by atoms with Crippen LogP contribution in [0.1, 0.15) is 19.8 Å². The van der Waals surface area contributed by atoms with Crippen LogP contribution in [0.25, 0.3) is 0 Å². The second-order valence-electron chi connectivity index (χ2n) is 3.16. The summed E-state index contributed by atoms with van der Waals surface area (Å²) in [6, 6.07) is 3.15. The van der Waals surface area contributed by atoms with Crippen molar-refractivity contribution in [2.75, 3.05) is 5.32 Å². The van der Waals surface area contributed by atoms with E-state index in [0.29, 0.717) is 12.2 Å². The molecule has 0 bridgehead atoms. The molecule has 0 aliphatic carbocycles. The average molecular weight is 320 g/mol. The van der Waals surface area contributed by atoms with E-state index in [-0.39, 0.29) is 0 Å². The molecular weight excluding hydrogens is 307 g/mol. The van der Waals surface area contributed by atoms with Crippen LogP contribution in [0.4, 0.5) is 5.82 Å². The molecule has 1 rings (SSSR count). The molecule has 0 spiro atoms. The Kier molecular flexibility index (Phi) is 4.80. The number of nitrogens with one attached hydrogen (secondary N) is 1. The van der Waals surface area contributed by atoms with Crippen molar-refractivity contribution in [3.63, 3.8) is 0 Å². The summed E-state index contributed by atoms with van der Waals surface area (Å²) in [7, 11) is 0.